The SMILES string of the molecule is CC(=O)NCc1cnc([C@H]2CN(C(=O)/C=C/c3ccccc3)CCO2)[nH]1. The molecule has 0 aliphatic carbocycles. The van der Waals surface area contributed by atoms with E-state index in [9.17, 15) is 9.59 Å². The van der Waals surface area contributed by atoms with E-state index in [1.54, 1.807) is 17.2 Å². The summed E-state index contributed by atoms with van der Waals surface area (Å²) in [5.41, 5.74) is 1.78. The Bertz CT molecular complexity index is 785. The molecule has 2 heterocycles. The number of nitrogens with zero attached hydrogens (tertiary/aromatic N) is 2. The first-order chi connectivity index (χ1) is 12.6. The standard InChI is InChI=1S/C19H22N4O3/c1-14(24)20-11-16-12-21-19(22-16)17-13-23(9-10-26-17)18(25)8-7-15-5-3-2-4-6-15/h2-8,12,17H,9-11,13H2,1H3,(H,20,24)(H,21,22)/b8-7+/t17-/m1/s1. The molecule has 1 fully saturated rings. The molecule has 2 aromatic rings. The van der Waals surface area contributed by atoms with Crippen molar-refractivity contribution in [2.75, 3.05) is 19.7 Å². The topological polar surface area (TPSA) is 87.3 Å². The molecule has 1 aliphatic rings. The first kappa shape index (κ1) is 17.9. The van der Waals surface area contributed by atoms with Crippen molar-refractivity contribution < 1.29 is 14.3 Å². The summed E-state index contributed by atoms with van der Waals surface area (Å²) in [5.74, 6) is 0.513. The van der Waals surface area contributed by atoms with Gasteiger partial charge in [-0.3, -0.25) is 9.59 Å². The lowest BCUT2D eigenvalue weighted by atomic mass is 10.2. The molecule has 26 heavy (non-hydrogen) atoms. The quantitative estimate of drug-likeness (QED) is 0.800. The van der Waals surface area contributed by atoms with E-state index < -0.39 is 0 Å². The summed E-state index contributed by atoms with van der Waals surface area (Å²) >= 11 is 0. The highest BCUT2D eigenvalue weighted by Crippen LogP contribution is 2.20. The van der Waals surface area contributed by atoms with Crippen LogP contribution < -0.4 is 5.32 Å². The van der Waals surface area contributed by atoms with Crippen molar-refractivity contribution in [3.63, 3.8) is 0 Å². The van der Waals surface area contributed by atoms with E-state index in [0.717, 1.165) is 11.3 Å². The molecule has 0 radical (unpaired) electrons. The molecule has 0 unspecified atom stereocenters. The molecule has 2 N–H and O–H groups in total. The van der Waals surface area contributed by atoms with Crippen molar-refractivity contribution in [2.45, 2.75) is 19.6 Å². The zero-order valence-electron chi connectivity index (χ0n) is 14.6. The first-order valence-electron chi connectivity index (χ1n) is 8.53. The minimum atomic E-state index is -0.302. The minimum Gasteiger partial charge on any atom is -0.367 e. The van der Waals surface area contributed by atoms with Crippen molar-refractivity contribution >= 4 is 17.9 Å². The Morgan fingerprint density at radius 1 is 1.38 bits per heavy atom. The predicted molar refractivity (Wildman–Crippen MR) is 96.9 cm³/mol. The molecule has 7 heteroatoms. The number of imidazole rings is 1. The lowest BCUT2D eigenvalue weighted by Gasteiger charge is -2.31. The lowest BCUT2D eigenvalue weighted by Crippen LogP contribution is -2.41. The molecule has 1 aromatic carbocycles. The maximum absolute atomic E-state index is 12.4. The van der Waals surface area contributed by atoms with E-state index >= 15 is 0 Å². The van der Waals surface area contributed by atoms with Gasteiger partial charge in [-0.15, -0.1) is 0 Å². The van der Waals surface area contributed by atoms with Gasteiger partial charge in [0.15, 0.2) is 0 Å². The number of aromatic amines is 1. The van der Waals surface area contributed by atoms with Crippen LogP contribution in [0.2, 0.25) is 0 Å². The molecule has 1 atom stereocenters. The molecule has 1 aromatic heterocycles. The number of amides is 2. The molecule has 3 rings (SSSR count). The number of morpholine rings is 1. The van der Waals surface area contributed by atoms with Crippen molar-refractivity contribution in [1.29, 1.82) is 0 Å². The molecule has 1 saturated heterocycles. The minimum absolute atomic E-state index is 0.0489. The number of hydrogen-bond donors (Lipinski definition) is 2. The second-order valence-electron chi connectivity index (χ2n) is 6.09. The third kappa shape index (κ3) is 4.80. The summed E-state index contributed by atoms with van der Waals surface area (Å²) < 4.78 is 5.75. The van der Waals surface area contributed by atoms with Crippen molar-refractivity contribution in [3.8, 4) is 0 Å². The van der Waals surface area contributed by atoms with Gasteiger partial charge in [-0.1, -0.05) is 30.3 Å². The van der Waals surface area contributed by atoms with E-state index in [2.05, 4.69) is 15.3 Å². The molecule has 136 valence electrons. The second-order valence-corrected chi connectivity index (χ2v) is 6.09. The Morgan fingerprint density at radius 3 is 2.96 bits per heavy atom. The number of aromatic nitrogens is 2. The van der Waals surface area contributed by atoms with Crippen LogP contribution in [-0.2, 0) is 20.9 Å². The lowest BCUT2D eigenvalue weighted by molar-refractivity contribution is -0.134. The van der Waals surface area contributed by atoms with Crippen LogP contribution in [0.1, 0.15) is 30.1 Å². The summed E-state index contributed by atoms with van der Waals surface area (Å²) in [6, 6.07) is 9.71. The fraction of sp³-hybridized carbons (Fsp3) is 0.316. The summed E-state index contributed by atoms with van der Waals surface area (Å²) in [7, 11) is 0. The fourth-order valence-corrected chi connectivity index (χ4v) is 2.70. The Morgan fingerprint density at radius 2 is 2.19 bits per heavy atom. The summed E-state index contributed by atoms with van der Waals surface area (Å²) in [5, 5.41) is 2.71. The van der Waals surface area contributed by atoms with Crippen LogP contribution in [0.15, 0.2) is 42.6 Å². The van der Waals surface area contributed by atoms with Gasteiger partial charge in [0, 0.05) is 19.5 Å². The molecular weight excluding hydrogens is 332 g/mol. The molecular formula is C19H22N4O3. The zero-order valence-corrected chi connectivity index (χ0v) is 14.6. The van der Waals surface area contributed by atoms with Crippen molar-refractivity contribution in [1.82, 2.24) is 20.2 Å². The number of nitrogens with one attached hydrogen (secondary N) is 2. The van der Waals surface area contributed by atoms with Crippen LogP contribution in [0, 0.1) is 0 Å². The van der Waals surface area contributed by atoms with E-state index in [0.29, 0.717) is 32.1 Å². The average molecular weight is 354 g/mol. The third-order valence-electron chi connectivity index (χ3n) is 4.08. The predicted octanol–water partition coefficient (Wildman–Crippen LogP) is 1.66. The highest BCUT2D eigenvalue weighted by atomic mass is 16.5. The van der Waals surface area contributed by atoms with Gasteiger partial charge in [-0.2, -0.15) is 0 Å². The van der Waals surface area contributed by atoms with Gasteiger partial charge in [0.1, 0.15) is 11.9 Å². The first-order valence-corrected chi connectivity index (χ1v) is 8.53. The Balaban J connectivity index is 1.59. The number of benzene rings is 1. The third-order valence-corrected chi connectivity index (χ3v) is 4.08. The van der Waals surface area contributed by atoms with Crippen LogP contribution in [0.5, 0.6) is 0 Å². The van der Waals surface area contributed by atoms with Crippen LogP contribution >= 0.6 is 0 Å². The van der Waals surface area contributed by atoms with Gasteiger partial charge in [0.2, 0.25) is 11.8 Å². The van der Waals surface area contributed by atoms with Crippen molar-refractivity contribution in [3.05, 3.63) is 59.7 Å². The fourth-order valence-electron chi connectivity index (χ4n) is 2.70. The Hall–Kier alpha value is -2.93. The monoisotopic (exact) mass is 354 g/mol. The number of carbonyl (C=O) groups excluding carboxylic acids is 2. The van der Waals surface area contributed by atoms with E-state index in [4.69, 9.17) is 4.74 Å². The maximum atomic E-state index is 12.4. The number of rotatable bonds is 5. The number of H-pyrrole nitrogens is 1. The number of hydrogen-bond acceptors (Lipinski definition) is 4. The van der Waals surface area contributed by atoms with E-state index in [-0.39, 0.29) is 17.9 Å². The van der Waals surface area contributed by atoms with Gasteiger partial charge in [-0.25, -0.2) is 4.98 Å². The van der Waals surface area contributed by atoms with Gasteiger partial charge >= 0.3 is 0 Å². The molecule has 0 saturated carbocycles. The Kier molecular flexibility index (Phi) is 5.80. The van der Waals surface area contributed by atoms with Crippen LogP contribution in [0.3, 0.4) is 0 Å². The summed E-state index contributed by atoms with van der Waals surface area (Å²) in [6.07, 6.45) is 4.77. The maximum Gasteiger partial charge on any atom is 0.246 e. The van der Waals surface area contributed by atoms with Crippen LogP contribution in [-0.4, -0.2) is 46.4 Å². The largest absolute Gasteiger partial charge is 0.367 e. The van der Waals surface area contributed by atoms with Gasteiger partial charge in [0.05, 0.1) is 31.6 Å². The molecule has 0 spiro atoms. The number of ether oxygens (including phenoxy) is 1. The van der Waals surface area contributed by atoms with Crippen molar-refractivity contribution in [2.24, 2.45) is 0 Å². The molecule has 2 amide bonds. The van der Waals surface area contributed by atoms with Gasteiger partial charge in [-0.05, 0) is 11.6 Å². The van der Waals surface area contributed by atoms with Gasteiger partial charge in [0.25, 0.3) is 0 Å². The van der Waals surface area contributed by atoms with Gasteiger partial charge < -0.3 is 19.9 Å². The second kappa shape index (κ2) is 8.44. The average Bonchev–Trinajstić information content (AvgIpc) is 3.14. The zero-order chi connectivity index (χ0) is 18.4. The highest BCUT2D eigenvalue weighted by Gasteiger charge is 2.26. The van der Waals surface area contributed by atoms with E-state index in [1.165, 1.54) is 6.92 Å². The summed E-state index contributed by atoms with van der Waals surface area (Å²) in [6.45, 7) is 3.29. The smallest absolute Gasteiger partial charge is 0.246 e. The molecule has 7 nitrogen and oxygen atoms in total. The number of carbonyl (C=O) groups is 2. The summed E-state index contributed by atoms with van der Waals surface area (Å²) in [4.78, 5) is 32.6. The Labute approximate surface area is 152 Å². The van der Waals surface area contributed by atoms with Crippen LogP contribution in [0.4, 0.5) is 0 Å². The molecule has 1 aliphatic heterocycles. The normalized spacial score (nSPS) is 17.4. The van der Waals surface area contributed by atoms with E-state index in [1.807, 2.05) is 36.4 Å². The highest BCUT2D eigenvalue weighted by molar-refractivity contribution is 5.91. The molecule has 0 bridgehead atoms. The van der Waals surface area contributed by atoms with Crippen LogP contribution in [0.25, 0.3) is 6.08 Å².